The van der Waals surface area contributed by atoms with E-state index in [1.54, 1.807) is 6.92 Å². The summed E-state index contributed by atoms with van der Waals surface area (Å²) in [4.78, 5) is 1.00. The molecule has 1 aromatic carbocycles. The van der Waals surface area contributed by atoms with Gasteiger partial charge in [0.1, 0.15) is 0 Å². The highest BCUT2D eigenvalue weighted by Gasteiger charge is 2.28. The fourth-order valence-corrected chi connectivity index (χ4v) is 2.87. The van der Waals surface area contributed by atoms with Crippen LogP contribution in [0.5, 0.6) is 0 Å². The van der Waals surface area contributed by atoms with E-state index >= 15 is 0 Å². The van der Waals surface area contributed by atoms with Crippen molar-refractivity contribution in [1.29, 1.82) is 0 Å². The van der Waals surface area contributed by atoms with Gasteiger partial charge in [-0.2, -0.15) is 0 Å². The third-order valence-corrected chi connectivity index (χ3v) is 3.97. The zero-order chi connectivity index (χ0) is 12.5. The molecule has 1 N–H and O–H groups in total. The van der Waals surface area contributed by atoms with Gasteiger partial charge in [0.05, 0.1) is 12.1 Å². The first-order valence-electron chi connectivity index (χ1n) is 5.98. The third-order valence-electron chi connectivity index (χ3n) is 2.93. The van der Waals surface area contributed by atoms with Crippen molar-refractivity contribution >= 4 is 11.8 Å². The Hall–Kier alpha value is -1.40. The lowest BCUT2D eigenvalue weighted by Crippen LogP contribution is -1.99. The average molecular weight is 262 g/mol. The summed E-state index contributed by atoms with van der Waals surface area (Å²) < 4.78 is 1.88. The molecular formula is C12H14N4OS. The Morgan fingerprint density at radius 2 is 2.17 bits per heavy atom. The smallest absolute Gasteiger partial charge is 0.214 e. The van der Waals surface area contributed by atoms with Crippen molar-refractivity contribution in [2.45, 2.75) is 42.0 Å². The van der Waals surface area contributed by atoms with Gasteiger partial charge in [-0.05, 0) is 53.6 Å². The van der Waals surface area contributed by atoms with Crippen LogP contribution in [0.3, 0.4) is 0 Å². The highest BCUT2D eigenvalue weighted by Crippen LogP contribution is 2.39. The van der Waals surface area contributed by atoms with Crippen molar-refractivity contribution in [2.75, 3.05) is 0 Å². The van der Waals surface area contributed by atoms with Crippen LogP contribution in [0.15, 0.2) is 34.3 Å². The Kier molecular flexibility index (Phi) is 3.05. The van der Waals surface area contributed by atoms with Crippen molar-refractivity contribution in [3.05, 3.63) is 29.8 Å². The normalized spacial score (nSPS) is 16.8. The molecule has 5 nitrogen and oxygen atoms in total. The molecule has 1 aliphatic carbocycles. The fourth-order valence-electron chi connectivity index (χ4n) is 1.82. The SMILES string of the molecule is C[C@H](O)c1ccccc1Sc1nnnn1C1CC1. The maximum Gasteiger partial charge on any atom is 0.214 e. The van der Waals surface area contributed by atoms with Gasteiger partial charge in [-0.3, -0.25) is 0 Å². The summed E-state index contributed by atoms with van der Waals surface area (Å²) in [5, 5.41) is 22.4. The second-order valence-corrected chi connectivity index (χ2v) is 5.46. The Morgan fingerprint density at radius 1 is 1.39 bits per heavy atom. The summed E-state index contributed by atoms with van der Waals surface area (Å²) >= 11 is 1.51. The van der Waals surface area contributed by atoms with Crippen LogP contribution in [0, 0.1) is 0 Å². The van der Waals surface area contributed by atoms with E-state index in [1.165, 1.54) is 11.8 Å². The van der Waals surface area contributed by atoms with Crippen LogP contribution in [0.4, 0.5) is 0 Å². The second kappa shape index (κ2) is 4.70. The largest absolute Gasteiger partial charge is 0.389 e. The van der Waals surface area contributed by atoms with E-state index in [2.05, 4.69) is 15.5 Å². The van der Waals surface area contributed by atoms with Crippen LogP contribution in [-0.4, -0.2) is 25.3 Å². The Morgan fingerprint density at radius 3 is 2.89 bits per heavy atom. The molecule has 6 heteroatoms. The average Bonchev–Trinajstić information content (AvgIpc) is 3.11. The maximum absolute atomic E-state index is 9.75. The molecule has 2 aromatic rings. The molecule has 1 aliphatic rings. The van der Waals surface area contributed by atoms with E-state index in [-0.39, 0.29) is 0 Å². The molecule has 0 unspecified atom stereocenters. The van der Waals surface area contributed by atoms with Gasteiger partial charge < -0.3 is 5.11 Å². The first kappa shape index (κ1) is 11.7. The van der Waals surface area contributed by atoms with E-state index in [0.29, 0.717) is 6.04 Å². The van der Waals surface area contributed by atoms with E-state index in [9.17, 15) is 5.11 Å². The Labute approximate surface area is 109 Å². The van der Waals surface area contributed by atoms with Gasteiger partial charge in [-0.15, -0.1) is 5.10 Å². The monoisotopic (exact) mass is 262 g/mol. The lowest BCUT2D eigenvalue weighted by molar-refractivity contribution is 0.196. The molecule has 0 saturated heterocycles. The zero-order valence-corrected chi connectivity index (χ0v) is 10.8. The predicted molar refractivity (Wildman–Crippen MR) is 67.3 cm³/mol. The van der Waals surface area contributed by atoms with Crippen LogP contribution in [-0.2, 0) is 0 Å². The highest BCUT2D eigenvalue weighted by molar-refractivity contribution is 7.99. The van der Waals surface area contributed by atoms with Gasteiger partial charge in [0, 0.05) is 4.90 Å². The second-order valence-electron chi connectivity index (χ2n) is 4.45. The molecule has 3 rings (SSSR count). The van der Waals surface area contributed by atoms with E-state index in [1.807, 2.05) is 28.9 Å². The van der Waals surface area contributed by atoms with Crippen LogP contribution < -0.4 is 0 Å². The quantitative estimate of drug-likeness (QED) is 0.915. The van der Waals surface area contributed by atoms with Crippen molar-refractivity contribution in [3.8, 4) is 0 Å². The molecule has 0 radical (unpaired) electrons. The molecule has 1 atom stereocenters. The first-order chi connectivity index (χ1) is 8.75. The number of aromatic nitrogens is 4. The molecule has 94 valence electrons. The fraction of sp³-hybridized carbons (Fsp3) is 0.417. The van der Waals surface area contributed by atoms with Gasteiger partial charge in [-0.1, -0.05) is 18.2 Å². The molecule has 1 fully saturated rings. The van der Waals surface area contributed by atoms with E-state index < -0.39 is 6.10 Å². The van der Waals surface area contributed by atoms with Gasteiger partial charge in [0.15, 0.2) is 0 Å². The number of nitrogens with zero attached hydrogens (tertiary/aromatic N) is 4. The number of aliphatic hydroxyl groups is 1. The van der Waals surface area contributed by atoms with E-state index in [0.717, 1.165) is 28.5 Å². The number of hydrogen-bond donors (Lipinski definition) is 1. The van der Waals surface area contributed by atoms with Gasteiger partial charge in [0.2, 0.25) is 5.16 Å². The van der Waals surface area contributed by atoms with Crippen LogP contribution in [0.2, 0.25) is 0 Å². The van der Waals surface area contributed by atoms with Crippen molar-refractivity contribution in [3.63, 3.8) is 0 Å². The number of aliphatic hydroxyl groups excluding tert-OH is 1. The lowest BCUT2D eigenvalue weighted by Gasteiger charge is -2.10. The molecular weight excluding hydrogens is 248 g/mol. The van der Waals surface area contributed by atoms with E-state index in [4.69, 9.17) is 0 Å². The van der Waals surface area contributed by atoms with Crippen molar-refractivity contribution in [2.24, 2.45) is 0 Å². The molecule has 0 spiro atoms. The van der Waals surface area contributed by atoms with Gasteiger partial charge in [-0.25, -0.2) is 4.68 Å². The predicted octanol–water partition coefficient (Wildman–Crippen LogP) is 2.21. The van der Waals surface area contributed by atoms with Gasteiger partial charge >= 0.3 is 0 Å². The summed E-state index contributed by atoms with van der Waals surface area (Å²) in [5.41, 5.74) is 0.910. The Bertz CT molecular complexity index is 551. The van der Waals surface area contributed by atoms with Crippen LogP contribution >= 0.6 is 11.8 Å². The number of hydrogen-bond acceptors (Lipinski definition) is 5. The first-order valence-corrected chi connectivity index (χ1v) is 6.80. The van der Waals surface area contributed by atoms with Crippen molar-refractivity contribution in [1.82, 2.24) is 20.2 Å². The molecule has 1 aromatic heterocycles. The minimum Gasteiger partial charge on any atom is -0.389 e. The standard InChI is InChI=1S/C12H14N4OS/c1-8(17)10-4-2-3-5-11(10)18-12-13-14-15-16(12)9-6-7-9/h2-5,8-9,17H,6-7H2,1H3/t8-/m0/s1. The molecule has 1 heterocycles. The third kappa shape index (κ3) is 2.26. The summed E-state index contributed by atoms with van der Waals surface area (Å²) in [6.45, 7) is 1.77. The number of rotatable bonds is 4. The minimum absolute atomic E-state index is 0.459. The number of tetrazole rings is 1. The van der Waals surface area contributed by atoms with Crippen molar-refractivity contribution < 1.29 is 5.11 Å². The molecule has 0 amide bonds. The molecule has 18 heavy (non-hydrogen) atoms. The summed E-state index contributed by atoms with van der Waals surface area (Å²) in [7, 11) is 0. The highest BCUT2D eigenvalue weighted by atomic mass is 32.2. The summed E-state index contributed by atoms with van der Waals surface area (Å²) in [6, 6.07) is 8.26. The summed E-state index contributed by atoms with van der Waals surface area (Å²) in [6.07, 6.45) is 1.81. The zero-order valence-electron chi connectivity index (χ0n) is 10.0. The minimum atomic E-state index is -0.487. The molecule has 0 aliphatic heterocycles. The summed E-state index contributed by atoms with van der Waals surface area (Å²) in [5.74, 6) is 0. The maximum atomic E-state index is 9.75. The molecule has 0 bridgehead atoms. The van der Waals surface area contributed by atoms with Crippen LogP contribution in [0.1, 0.15) is 37.5 Å². The van der Waals surface area contributed by atoms with Gasteiger partial charge in [0.25, 0.3) is 0 Å². The number of benzene rings is 1. The molecule has 1 saturated carbocycles. The van der Waals surface area contributed by atoms with Crippen LogP contribution in [0.25, 0.3) is 0 Å². The topological polar surface area (TPSA) is 63.8 Å². The Balaban J connectivity index is 1.89. The lowest BCUT2D eigenvalue weighted by atomic mass is 10.1.